The largest absolute Gasteiger partial charge is 0.493 e. The highest BCUT2D eigenvalue weighted by Crippen LogP contribution is 2.59. The molecule has 1 saturated carbocycles. The van der Waals surface area contributed by atoms with Gasteiger partial charge in [-0.3, -0.25) is 0 Å². The van der Waals surface area contributed by atoms with E-state index in [1.54, 1.807) is 7.11 Å². The summed E-state index contributed by atoms with van der Waals surface area (Å²) in [7, 11) is 3.89. The zero-order valence-corrected chi connectivity index (χ0v) is 18.1. The van der Waals surface area contributed by atoms with E-state index in [0.717, 1.165) is 56.7 Å². The van der Waals surface area contributed by atoms with Crippen molar-refractivity contribution in [1.82, 2.24) is 10.2 Å². The summed E-state index contributed by atoms with van der Waals surface area (Å²) in [4.78, 5) is 14.6. The van der Waals surface area contributed by atoms with Crippen LogP contribution in [0.25, 0.3) is 0 Å². The molecule has 1 unspecified atom stereocenters. The van der Waals surface area contributed by atoms with Crippen LogP contribution in [-0.4, -0.2) is 50.4 Å². The van der Waals surface area contributed by atoms with Crippen LogP contribution in [0, 0.1) is 5.92 Å². The molecule has 0 saturated heterocycles. The molecule has 1 spiro atoms. The van der Waals surface area contributed by atoms with Crippen molar-refractivity contribution in [2.24, 2.45) is 5.92 Å². The predicted octanol–water partition coefficient (Wildman–Crippen LogP) is 3.85. The van der Waals surface area contributed by atoms with Crippen molar-refractivity contribution in [1.29, 1.82) is 0 Å². The highest BCUT2D eigenvalue weighted by Gasteiger charge is 2.58. The standard InChI is InChI=1S/C23H34N2O4/c1-5-6-10-24-22(26)28-17-12-15(2)23-9-11-25(3)14-16-7-8-18(27-4)21(20(16)23)29-19(23)13-17/h7-8,15,17,19H,5-6,9-14H2,1-4H3,(H,24,26)/t15?,17-,19-,23+/m0/s1. The van der Waals surface area contributed by atoms with Crippen molar-refractivity contribution >= 4 is 6.09 Å². The van der Waals surface area contributed by atoms with Crippen molar-refractivity contribution < 1.29 is 19.0 Å². The van der Waals surface area contributed by atoms with Crippen molar-refractivity contribution in [3.05, 3.63) is 23.3 Å². The van der Waals surface area contributed by atoms with Gasteiger partial charge in [0.15, 0.2) is 11.5 Å². The quantitative estimate of drug-likeness (QED) is 0.758. The van der Waals surface area contributed by atoms with Crippen molar-refractivity contribution in [3.8, 4) is 11.5 Å². The fourth-order valence-electron chi connectivity index (χ4n) is 5.63. The van der Waals surface area contributed by atoms with E-state index in [1.165, 1.54) is 11.1 Å². The Morgan fingerprint density at radius 3 is 2.97 bits per heavy atom. The SMILES string of the molecule is CCCCNC(=O)O[C@H]1CC(C)[C@@]23CCN(C)Cc4ccc(OC)c(c42)O[C@H]3C1. The second-order valence-electron chi connectivity index (χ2n) is 8.95. The molecular weight excluding hydrogens is 368 g/mol. The van der Waals surface area contributed by atoms with Crippen LogP contribution in [0.15, 0.2) is 12.1 Å². The number of rotatable bonds is 5. The number of alkyl carbamates (subject to hydrolysis) is 1. The molecule has 2 heterocycles. The Labute approximate surface area is 173 Å². The third-order valence-corrected chi connectivity index (χ3v) is 7.12. The minimum Gasteiger partial charge on any atom is -0.493 e. The molecule has 1 aliphatic carbocycles. The zero-order valence-electron chi connectivity index (χ0n) is 18.1. The van der Waals surface area contributed by atoms with Gasteiger partial charge in [0.1, 0.15) is 12.2 Å². The van der Waals surface area contributed by atoms with Gasteiger partial charge in [0, 0.05) is 30.5 Å². The number of carbonyl (C=O) groups excluding carboxylic acids is 1. The van der Waals surface area contributed by atoms with Crippen molar-refractivity contribution in [2.45, 2.75) is 70.1 Å². The Bertz CT molecular complexity index is 767. The van der Waals surface area contributed by atoms with Crippen LogP contribution < -0.4 is 14.8 Å². The van der Waals surface area contributed by atoms with E-state index >= 15 is 0 Å². The van der Waals surface area contributed by atoms with E-state index in [2.05, 4.69) is 37.2 Å². The number of amides is 1. The summed E-state index contributed by atoms with van der Waals surface area (Å²) in [5.41, 5.74) is 2.64. The number of benzene rings is 1. The Kier molecular flexibility index (Phi) is 5.65. The van der Waals surface area contributed by atoms with E-state index < -0.39 is 0 Å². The molecule has 4 rings (SSSR count). The van der Waals surface area contributed by atoms with Crippen LogP contribution in [0.4, 0.5) is 4.79 Å². The van der Waals surface area contributed by atoms with Gasteiger partial charge < -0.3 is 24.4 Å². The van der Waals surface area contributed by atoms with Gasteiger partial charge in [0.05, 0.1) is 7.11 Å². The van der Waals surface area contributed by atoms with Gasteiger partial charge in [-0.2, -0.15) is 0 Å². The number of ether oxygens (including phenoxy) is 3. The summed E-state index contributed by atoms with van der Waals surface area (Å²) in [6.45, 7) is 7.03. The molecule has 4 atom stereocenters. The molecule has 1 fully saturated rings. The number of unbranched alkanes of at least 4 members (excludes halogenated alkanes) is 1. The highest BCUT2D eigenvalue weighted by molar-refractivity contribution is 5.67. The van der Waals surface area contributed by atoms with Crippen molar-refractivity contribution in [3.63, 3.8) is 0 Å². The molecule has 160 valence electrons. The number of nitrogens with zero attached hydrogens (tertiary/aromatic N) is 1. The van der Waals surface area contributed by atoms with Gasteiger partial charge in [0.2, 0.25) is 0 Å². The molecule has 0 radical (unpaired) electrons. The summed E-state index contributed by atoms with van der Waals surface area (Å²) >= 11 is 0. The topological polar surface area (TPSA) is 60.0 Å². The lowest BCUT2D eigenvalue weighted by atomic mass is 9.59. The molecule has 1 N–H and O–H groups in total. The second-order valence-corrected chi connectivity index (χ2v) is 8.95. The first kappa shape index (κ1) is 20.3. The highest BCUT2D eigenvalue weighted by atomic mass is 16.6. The Balaban J connectivity index is 1.60. The van der Waals surface area contributed by atoms with E-state index in [0.29, 0.717) is 12.5 Å². The fourth-order valence-corrected chi connectivity index (χ4v) is 5.63. The lowest BCUT2D eigenvalue weighted by Gasteiger charge is -2.46. The zero-order chi connectivity index (χ0) is 20.6. The molecule has 6 heteroatoms. The Hall–Kier alpha value is -1.95. The molecule has 1 aromatic carbocycles. The van der Waals surface area contributed by atoms with Gasteiger partial charge in [0.25, 0.3) is 0 Å². The lowest BCUT2D eigenvalue weighted by molar-refractivity contribution is -0.0273. The number of hydrogen-bond donors (Lipinski definition) is 1. The van der Waals surface area contributed by atoms with E-state index in [-0.39, 0.29) is 23.7 Å². The first-order chi connectivity index (χ1) is 14.0. The smallest absolute Gasteiger partial charge is 0.407 e. The van der Waals surface area contributed by atoms with Crippen LogP contribution in [0.3, 0.4) is 0 Å². The summed E-state index contributed by atoms with van der Waals surface area (Å²) in [5, 5.41) is 2.87. The molecule has 1 aromatic rings. The van der Waals surface area contributed by atoms with Gasteiger partial charge in [-0.15, -0.1) is 0 Å². The molecule has 6 nitrogen and oxygen atoms in total. The lowest BCUT2D eigenvalue weighted by Crippen LogP contribution is -2.52. The minimum atomic E-state index is -0.305. The van der Waals surface area contributed by atoms with Crippen LogP contribution in [0.2, 0.25) is 0 Å². The molecule has 0 bridgehead atoms. The van der Waals surface area contributed by atoms with Crippen LogP contribution >= 0.6 is 0 Å². The average molecular weight is 403 g/mol. The number of carbonyl (C=O) groups is 1. The maximum absolute atomic E-state index is 12.2. The second kappa shape index (κ2) is 8.05. The maximum Gasteiger partial charge on any atom is 0.407 e. The number of methoxy groups -OCH3 is 1. The fraction of sp³-hybridized carbons (Fsp3) is 0.696. The molecular formula is C23H34N2O4. The van der Waals surface area contributed by atoms with E-state index in [9.17, 15) is 4.79 Å². The Morgan fingerprint density at radius 1 is 1.38 bits per heavy atom. The van der Waals surface area contributed by atoms with Crippen LogP contribution in [0.1, 0.15) is 57.1 Å². The maximum atomic E-state index is 12.2. The predicted molar refractivity (Wildman–Crippen MR) is 112 cm³/mol. The van der Waals surface area contributed by atoms with Gasteiger partial charge >= 0.3 is 6.09 Å². The molecule has 1 amide bonds. The summed E-state index contributed by atoms with van der Waals surface area (Å²) in [5.74, 6) is 2.07. The van der Waals surface area contributed by atoms with Crippen molar-refractivity contribution in [2.75, 3.05) is 27.2 Å². The molecule has 29 heavy (non-hydrogen) atoms. The van der Waals surface area contributed by atoms with Gasteiger partial charge in [-0.1, -0.05) is 26.3 Å². The van der Waals surface area contributed by atoms with Crippen LogP contribution in [-0.2, 0) is 16.7 Å². The third-order valence-electron chi connectivity index (χ3n) is 7.12. The Morgan fingerprint density at radius 2 is 2.21 bits per heavy atom. The first-order valence-electron chi connectivity index (χ1n) is 11.0. The summed E-state index contributed by atoms with van der Waals surface area (Å²) in [6, 6.07) is 4.22. The summed E-state index contributed by atoms with van der Waals surface area (Å²) < 4.78 is 18.0. The van der Waals surface area contributed by atoms with Gasteiger partial charge in [-0.05, 0) is 50.4 Å². The number of hydrogen-bond acceptors (Lipinski definition) is 5. The average Bonchev–Trinajstić information content (AvgIpc) is 2.94. The summed E-state index contributed by atoms with van der Waals surface area (Å²) in [6.07, 6.45) is 4.25. The monoisotopic (exact) mass is 402 g/mol. The van der Waals surface area contributed by atoms with Gasteiger partial charge in [-0.25, -0.2) is 4.79 Å². The third kappa shape index (κ3) is 3.45. The number of nitrogens with one attached hydrogen (secondary N) is 1. The van der Waals surface area contributed by atoms with E-state index in [4.69, 9.17) is 14.2 Å². The molecule has 2 aliphatic heterocycles. The molecule has 3 aliphatic rings. The van der Waals surface area contributed by atoms with Crippen LogP contribution in [0.5, 0.6) is 11.5 Å². The van der Waals surface area contributed by atoms with E-state index in [1.807, 2.05) is 6.07 Å². The molecule has 0 aromatic heterocycles. The minimum absolute atomic E-state index is 0.0104. The first-order valence-corrected chi connectivity index (χ1v) is 11.0. The normalized spacial score (nSPS) is 30.6.